The maximum Gasteiger partial charge on any atom is 0.191 e. The topological polar surface area (TPSA) is 69.4 Å². The van der Waals surface area contributed by atoms with Crippen LogP contribution in [0.1, 0.15) is 5.82 Å². The molecule has 4 rings (SSSR count). The highest BCUT2D eigenvalue weighted by atomic mass is 35.5. The summed E-state index contributed by atoms with van der Waals surface area (Å²) in [6.45, 7) is 0.490. The molecular weight excluding hydrogens is 434 g/mol. The third-order valence-corrected chi connectivity index (χ3v) is 6.11. The number of rotatable bonds is 9. The molecule has 0 fully saturated rings. The lowest BCUT2D eigenvalue weighted by Gasteiger charge is -2.13. The number of aromatic nitrogens is 3. The third-order valence-electron chi connectivity index (χ3n) is 4.69. The molecule has 31 heavy (non-hydrogen) atoms. The summed E-state index contributed by atoms with van der Waals surface area (Å²) >= 11 is 7.31. The maximum atomic E-state index is 10.4. The predicted octanol–water partition coefficient (Wildman–Crippen LogP) is 4.73. The summed E-state index contributed by atoms with van der Waals surface area (Å²) in [7, 11) is 1.88. The minimum absolute atomic E-state index is 0.200. The fourth-order valence-corrected chi connectivity index (χ4v) is 3.96. The molecule has 0 bridgehead atoms. The molecule has 0 aliphatic carbocycles. The molecule has 8 heteroatoms. The van der Waals surface area contributed by atoms with Crippen molar-refractivity contribution in [1.82, 2.24) is 14.8 Å². The third kappa shape index (κ3) is 5.50. The molecule has 0 saturated carbocycles. The summed E-state index contributed by atoms with van der Waals surface area (Å²) in [5.74, 6) is 2.61. The molecular formula is C23H22ClN3O3S. The van der Waals surface area contributed by atoms with Gasteiger partial charge < -0.3 is 19.1 Å². The van der Waals surface area contributed by atoms with Crippen molar-refractivity contribution in [2.45, 2.75) is 17.9 Å². The number of halogens is 1. The Bertz CT molecular complexity index is 1150. The fraction of sp³-hybridized carbons (Fsp3) is 0.217. The molecule has 1 aromatic heterocycles. The lowest BCUT2D eigenvalue weighted by atomic mass is 10.1. The van der Waals surface area contributed by atoms with E-state index in [1.165, 1.54) is 11.8 Å². The molecule has 0 amide bonds. The minimum atomic E-state index is -0.644. The van der Waals surface area contributed by atoms with Crippen molar-refractivity contribution in [1.29, 1.82) is 0 Å². The Hall–Kier alpha value is -2.74. The molecule has 3 aromatic carbocycles. The Morgan fingerprint density at radius 3 is 2.61 bits per heavy atom. The van der Waals surface area contributed by atoms with Crippen molar-refractivity contribution in [2.24, 2.45) is 7.05 Å². The number of fused-ring (bicyclic) bond motifs is 1. The molecule has 6 nitrogen and oxygen atoms in total. The van der Waals surface area contributed by atoms with Crippen LogP contribution in [0.2, 0.25) is 5.02 Å². The van der Waals surface area contributed by atoms with E-state index in [-0.39, 0.29) is 6.61 Å². The lowest BCUT2D eigenvalue weighted by molar-refractivity contribution is 0.127. The van der Waals surface area contributed by atoms with Crippen LogP contribution in [-0.4, -0.2) is 38.3 Å². The first-order chi connectivity index (χ1) is 15.1. The van der Waals surface area contributed by atoms with Gasteiger partial charge in [-0.3, -0.25) is 0 Å². The summed E-state index contributed by atoms with van der Waals surface area (Å²) in [6.07, 6.45) is -0.644. The van der Waals surface area contributed by atoms with Gasteiger partial charge in [-0.2, -0.15) is 0 Å². The summed E-state index contributed by atoms with van der Waals surface area (Å²) in [5, 5.41) is 22.3. The highest BCUT2D eigenvalue weighted by molar-refractivity contribution is 7.99. The second-order valence-electron chi connectivity index (χ2n) is 6.95. The number of aliphatic hydroxyl groups excluding tert-OH is 1. The molecule has 1 N–H and O–H groups in total. The maximum absolute atomic E-state index is 10.4. The van der Waals surface area contributed by atoms with E-state index < -0.39 is 6.10 Å². The van der Waals surface area contributed by atoms with Crippen molar-refractivity contribution in [2.75, 3.05) is 12.4 Å². The quantitative estimate of drug-likeness (QED) is 0.368. The number of ether oxygens (including phenoxy) is 2. The van der Waals surface area contributed by atoms with Crippen LogP contribution < -0.4 is 9.47 Å². The van der Waals surface area contributed by atoms with Gasteiger partial charge in [0.2, 0.25) is 0 Å². The van der Waals surface area contributed by atoms with Crippen molar-refractivity contribution in [3.8, 4) is 11.5 Å². The number of hydrogen-bond donors (Lipinski definition) is 1. The summed E-state index contributed by atoms with van der Waals surface area (Å²) < 4.78 is 13.5. The Balaban J connectivity index is 1.28. The molecule has 0 saturated heterocycles. The smallest absolute Gasteiger partial charge is 0.191 e. The Morgan fingerprint density at radius 2 is 1.77 bits per heavy atom. The lowest BCUT2D eigenvalue weighted by Crippen LogP contribution is -2.20. The van der Waals surface area contributed by atoms with E-state index in [4.69, 9.17) is 21.1 Å². The molecule has 1 unspecified atom stereocenters. The van der Waals surface area contributed by atoms with E-state index in [0.29, 0.717) is 34.1 Å². The van der Waals surface area contributed by atoms with E-state index in [0.717, 1.165) is 16.5 Å². The van der Waals surface area contributed by atoms with Gasteiger partial charge in [-0.25, -0.2) is 0 Å². The van der Waals surface area contributed by atoms with Crippen LogP contribution in [-0.2, 0) is 13.7 Å². The van der Waals surface area contributed by atoms with E-state index in [2.05, 4.69) is 10.2 Å². The van der Waals surface area contributed by atoms with E-state index in [9.17, 15) is 5.11 Å². The van der Waals surface area contributed by atoms with Crippen LogP contribution in [0.4, 0.5) is 0 Å². The molecule has 0 aliphatic rings. The number of benzene rings is 3. The highest BCUT2D eigenvalue weighted by Gasteiger charge is 2.14. The van der Waals surface area contributed by atoms with Crippen molar-refractivity contribution in [3.63, 3.8) is 0 Å². The Labute approximate surface area is 189 Å². The second-order valence-corrected chi connectivity index (χ2v) is 8.38. The van der Waals surface area contributed by atoms with Gasteiger partial charge in [0.25, 0.3) is 0 Å². The molecule has 0 spiro atoms. The van der Waals surface area contributed by atoms with Crippen LogP contribution >= 0.6 is 23.4 Å². The zero-order valence-electron chi connectivity index (χ0n) is 16.9. The van der Waals surface area contributed by atoms with Crippen LogP contribution in [0.15, 0.2) is 71.9 Å². The van der Waals surface area contributed by atoms with Gasteiger partial charge in [-0.1, -0.05) is 59.8 Å². The standard InChI is InChI=1S/C23H22ClN3O3S/c1-27-22(14-29-19-11-9-17(24)10-12-19)25-26-23(27)31-15-18(28)13-30-21-8-4-6-16-5-2-3-7-20(16)21/h2-12,18,28H,13-15H2,1H3. The van der Waals surface area contributed by atoms with Crippen LogP contribution in [0.3, 0.4) is 0 Å². The molecule has 0 aliphatic heterocycles. The van der Waals surface area contributed by atoms with Crippen LogP contribution in [0, 0.1) is 0 Å². The van der Waals surface area contributed by atoms with Crippen LogP contribution in [0.5, 0.6) is 11.5 Å². The zero-order valence-corrected chi connectivity index (χ0v) is 18.5. The van der Waals surface area contributed by atoms with Crippen molar-refractivity contribution in [3.05, 3.63) is 77.6 Å². The first-order valence-electron chi connectivity index (χ1n) is 9.78. The second kappa shape index (κ2) is 10.0. The SMILES string of the molecule is Cn1c(COc2ccc(Cl)cc2)nnc1SCC(O)COc1cccc2ccccc12. The van der Waals surface area contributed by atoms with Gasteiger partial charge in [0.15, 0.2) is 11.0 Å². The number of aliphatic hydroxyl groups is 1. The fourth-order valence-electron chi connectivity index (χ4n) is 3.00. The molecule has 1 heterocycles. The van der Waals surface area contributed by atoms with E-state index >= 15 is 0 Å². The van der Waals surface area contributed by atoms with Gasteiger partial charge in [0.05, 0.1) is 6.10 Å². The van der Waals surface area contributed by atoms with Gasteiger partial charge in [-0.05, 0) is 35.7 Å². The number of thioether (sulfide) groups is 1. The van der Waals surface area contributed by atoms with Gasteiger partial charge in [0.1, 0.15) is 24.7 Å². The number of nitrogens with zero attached hydrogens (tertiary/aromatic N) is 3. The van der Waals surface area contributed by atoms with Gasteiger partial charge >= 0.3 is 0 Å². The average molecular weight is 456 g/mol. The molecule has 4 aromatic rings. The van der Waals surface area contributed by atoms with Crippen LogP contribution in [0.25, 0.3) is 10.8 Å². The number of hydrogen-bond acceptors (Lipinski definition) is 6. The molecule has 1 atom stereocenters. The van der Waals surface area contributed by atoms with E-state index in [1.807, 2.05) is 54.1 Å². The van der Waals surface area contributed by atoms with Gasteiger partial charge in [0, 0.05) is 23.2 Å². The van der Waals surface area contributed by atoms with Crippen molar-refractivity contribution < 1.29 is 14.6 Å². The van der Waals surface area contributed by atoms with Crippen molar-refractivity contribution >= 4 is 34.1 Å². The van der Waals surface area contributed by atoms with E-state index in [1.54, 1.807) is 24.3 Å². The molecule has 0 radical (unpaired) electrons. The summed E-state index contributed by atoms with van der Waals surface area (Å²) in [4.78, 5) is 0. The largest absolute Gasteiger partial charge is 0.490 e. The minimum Gasteiger partial charge on any atom is -0.490 e. The van der Waals surface area contributed by atoms with Gasteiger partial charge in [-0.15, -0.1) is 10.2 Å². The zero-order chi connectivity index (χ0) is 21.6. The normalized spacial score (nSPS) is 12.1. The first kappa shape index (κ1) is 21.5. The first-order valence-corrected chi connectivity index (χ1v) is 11.1. The molecule has 160 valence electrons. The Morgan fingerprint density at radius 1 is 1.00 bits per heavy atom. The Kier molecular flexibility index (Phi) is 6.96. The monoisotopic (exact) mass is 455 g/mol. The predicted molar refractivity (Wildman–Crippen MR) is 123 cm³/mol. The highest BCUT2D eigenvalue weighted by Crippen LogP contribution is 2.26. The average Bonchev–Trinajstić information content (AvgIpc) is 3.15. The summed E-state index contributed by atoms with van der Waals surface area (Å²) in [5.41, 5.74) is 0. The summed E-state index contributed by atoms with van der Waals surface area (Å²) in [6, 6.07) is 21.1.